The van der Waals surface area contributed by atoms with Gasteiger partial charge in [-0.15, -0.1) is 0 Å². The molecule has 39 heavy (non-hydrogen) atoms. The molecular formula is C32H41N3O4. The van der Waals surface area contributed by atoms with Gasteiger partial charge < -0.3 is 25.7 Å². The predicted molar refractivity (Wildman–Crippen MR) is 155 cm³/mol. The van der Waals surface area contributed by atoms with Gasteiger partial charge in [0.2, 0.25) is 0 Å². The van der Waals surface area contributed by atoms with Gasteiger partial charge in [-0.2, -0.15) is 0 Å². The zero-order chi connectivity index (χ0) is 28.0. The zero-order valence-corrected chi connectivity index (χ0v) is 22.9. The molecule has 0 bridgehead atoms. The molecule has 3 aromatic rings. The maximum absolute atomic E-state index is 13.3. The standard InChI is InChI=1S/C32H41N3O4/c1-3-18-35(19-4-2)32(39)27-17-11-16-26(21-27)31(38)34-28(20-24-12-7-5-8-13-24)30(37)23-33-22-29(36)25-14-9-6-10-15-25/h5-17,21,28-30,33,36-37H,3-4,18-20,22-23H2,1-2H3,(H,34,38)/t28-,29?,30+/m0/s1. The number of amides is 2. The van der Waals surface area contributed by atoms with E-state index < -0.39 is 18.2 Å². The van der Waals surface area contributed by atoms with Crippen molar-refractivity contribution in [3.8, 4) is 0 Å². The van der Waals surface area contributed by atoms with Gasteiger partial charge in [0.1, 0.15) is 0 Å². The van der Waals surface area contributed by atoms with Gasteiger partial charge in [-0.3, -0.25) is 9.59 Å². The molecule has 0 aliphatic rings. The summed E-state index contributed by atoms with van der Waals surface area (Å²) in [4.78, 5) is 28.2. The average Bonchev–Trinajstić information content (AvgIpc) is 2.97. The van der Waals surface area contributed by atoms with Crippen LogP contribution in [0.4, 0.5) is 0 Å². The van der Waals surface area contributed by atoms with Crippen molar-refractivity contribution in [2.24, 2.45) is 0 Å². The molecule has 0 aromatic heterocycles. The third-order valence-corrected chi connectivity index (χ3v) is 6.60. The van der Waals surface area contributed by atoms with E-state index in [-0.39, 0.29) is 24.9 Å². The highest BCUT2D eigenvalue weighted by atomic mass is 16.3. The number of aliphatic hydroxyl groups is 2. The van der Waals surface area contributed by atoms with Crippen LogP contribution in [-0.2, 0) is 6.42 Å². The molecule has 3 aromatic carbocycles. The quantitative estimate of drug-likeness (QED) is 0.238. The topological polar surface area (TPSA) is 102 Å². The lowest BCUT2D eigenvalue weighted by molar-refractivity contribution is 0.0755. The van der Waals surface area contributed by atoms with Crippen LogP contribution in [0.3, 0.4) is 0 Å². The van der Waals surface area contributed by atoms with Crippen molar-refractivity contribution in [1.29, 1.82) is 0 Å². The predicted octanol–water partition coefficient (Wildman–Crippen LogP) is 3.97. The molecule has 208 valence electrons. The van der Waals surface area contributed by atoms with E-state index in [1.54, 1.807) is 24.3 Å². The Bertz CT molecular complexity index is 1150. The van der Waals surface area contributed by atoms with Crippen molar-refractivity contribution in [2.75, 3.05) is 26.2 Å². The fourth-order valence-electron chi connectivity index (χ4n) is 4.54. The average molecular weight is 532 g/mol. The largest absolute Gasteiger partial charge is 0.390 e. The molecule has 0 fully saturated rings. The molecule has 0 saturated heterocycles. The summed E-state index contributed by atoms with van der Waals surface area (Å²) >= 11 is 0. The van der Waals surface area contributed by atoms with Crippen molar-refractivity contribution in [1.82, 2.24) is 15.5 Å². The molecule has 7 nitrogen and oxygen atoms in total. The first-order valence-corrected chi connectivity index (χ1v) is 13.8. The summed E-state index contributed by atoms with van der Waals surface area (Å²) in [6.07, 6.45) is 0.533. The maximum atomic E-state index is 13.3. The van der Waals surface area contributed by atoms with Gasteiger partial charge in [0, 0.05) is 37.3 Å². The van der Waals surface area contributed by atoms with E-state index in [4.69, 9.17) is 0 Å². The van der Waals surface area contributed by atoms with Gasteiger partial charge in [-0.05, 0) is 48.6 Å². The van der Waals surface area contributed by atoms with Crippen molar-refractivity contribution < 1.29 is 19.8 Å². The molecule has 3 rings (SSSR count). The Balaban J connectivity index is 1.69. The smallest absolute Gasteiger partial charge is 0.253 e. The second-order valence-electron chi connectivity index (χ2n) is 9.79. The lowest BCUT2D eigenvalue weighted by atomic mass is 10.00. The van der Waals surface area contributed by atoms with E-state index in [0.717, 1.165) is 24.0 Å². The Morgan fingerprint density at radius 2 is 1.41 bits per heavy atom. The zero-order valence-electron chi connectivity index (χ0n) is 22.9. The molecule has 7 heteroatoms. The summed E-state index contributed by atoms with van der Waals surface area (Å²) in [5.74, 6) is -0.443. The van der Waals surface area contributed by atoms with Crippen LogP contribution >= 0.6 is 0 Å². The van der Waals surface area contributed by atoms with Gasteiger partial charge in [-0.1, -0.05) is 80.6 Å². The number of carbonyl (C=O) groups excluding carboxylic acids is 2. The van der Waals surface area contributed by atoms with Crippen LogP contribution in [0.5, 0.6) is 0 Å². The molecule has 0 spiro atoms. The number of benzene rings is 3. The summed E-state index contributed by atoms with van der Waals surface area (Å²) in [6.45, 7) is 5.86. The number of nitrogens with zero attached hydrogens (tertiary/aromatic N) is 1. The highest BCUT2D eigenvalue weighted by Gasteiger charge is 2.24. The van der Waals surface area contributed by atoms with Crippen LogP contribution in [0.1, 0.15) is 64.6 Å². The fourth-order valence-corrected chi connectivity index (χ4v) is 4.54. The SMILES string of the molecule is CCCN(CCC)C(=O)c1cccc(C(=O)N[C@@H](Cc2ccccc2)[C@H](O)CNCC(O)c2ccccc2)c1. The second-order valence-corrected chi connectivity index (χ2v) is 9.79. The van der Waals surface area contributed by atoms with Crippen LogP contribution < -0.4 is 10.6 Å². The van der Waals surface area contributed by atoms with Gasteiger partial charge in [0.25, 0.3) is 11.8 Å². The van der Waals surface area contributed by atoms with Crippen molar-refractivity contribution >= 4 is 11.8 Å². The van der Waals surface area contributed by atoms with Crippen LogP contribution in [0, 0.1) is 0 Å². The van der Waals surface area contributed by atoms with Crippen LogP contribution in [0.15, 0.2) is 84.9 Å². The molecule has 4 N–H and O–H groups in total. The van der Waals surface area contributed by atoms with Gasteiger partial charge >= 0.3 is 0 Å². The molecule has 0 aliphatic carbocycles. The molecule has 3 atom stereocenters. The first-order chi connectivity index (χ1) is 18.9. The van der Waals surface area contributed by atoms with Crippen molar-refractivity contribution in [2.45, 2.75) is 51.4 Å². The van der Waals surface area contributed by atoms with Crippen LogP contribution in [0.2, 0.25) is 0 Å². The van der Waals surface area contributed by atoms with Gasteiger partial charge in [0.15, 0.2) is 0 Å². The Kier molecular flexibility index (Phi) is 12.2. The second kappa shape index (κ2) is 15.8. The van der Waals surface area contributed by atoms with E-state index in [1.165, 1.54) is 0 Å². The number of carbonyl (C=O) groups is 2. The third kappa shape index (κ3) is 9.32. The molecular weight excluding hydrogens is 490 g/mol. The summed E-state index contributed by atoms with van der Waals surface area (Å²) in [7, 11) is 0. The number of hydrogen-bond acceptors (Lipinski definition) is 5. The first-order valence-electron chi connectivity index (χ1n) is 13.8. The van der Waals surface area contributed by atoms with Gasteiger partial charge in [0.05, 0.1) is 18.2 Å². The third-order valence-electron chi connectivity index (χ3n) is 6.60. The molecule has 0 aliphatic heterocycles. The highest BCUT2D eigenvalue weighted by molar-refractivity contribution is 5.99. The molecule has 2 amide bonds. The molecule has 0 heterocycles. The number of rotatable bonds is 15. The molecule has 0 radical (unpaired) electrons. The Hall–Kier alpha value is -3.52. The minimum atomic E-state index is -0.911. The van der Waals surface area contributed by atoms with Crippen molar-refractivity contribution in [3.05, 3.63) is 107 Å². The Morgan fingerprint density at radius 1 is 0.795 bits per heavy atom. The van der Waals surface area contributed by atoms with E-state index >= 15 is 0 Å². The lowest BCUT2D eigenvalue weighted by Gasteiger charge is -2.26. The molecule has 1 unspecified atom stereocenters. The number of aliphatic hydroxyl groups excluding tert-OH is 2. The minimum absolute atomic E-state index is 0.0876. The van der Waals surface area contributed by atoms with Crippen molar-refractivity contribution in [3.63, 3.8) is 0 Å². The number of nitrogens with one attached hydrogen (secondary N) is 2. The maximum Gasteiger partial charge on any atom is 0.253 e. The monoisotopic (exact) mass is 531 g/mol. The minimum Gasteiger partial charge on any atom is -0.390 e. The summed E-state index contributed by atoms with van der Waals surface area (Å²) < 4.78 is 0. The van der Waals surface area contributed by atoms with E-state index in [2.05, 4.69) is 10.6 Å². The normalized spacial score (nSPS) is 13.3. The Labute approximate surface area is 231 Å². The number of hydrogen-bond donors (Lipinski definition) is 4. The van der Waals surface area contributed by atoms with E-state index in [1.807, 2.05) is 79.4 Å². The first kappa shape index (κ1) is 30.0. The summed E-state index contributed by atoms with van der Waals surface area (Å²) in [6, 6.07) is 25.2. The van der Waals surface area contributed by atoms with Gasteiger partial charge in [-0.25, -0.2) is 0 Å². The van der Waals surface area contributed by atoms with E-state index in [9.17, 15) is 19.8 Å². The highest BCUT2D eigenvalue weighted by Crippen LogP contribution is 2.13. The van der Waals surface area contributed by atoms with Crippen LogP contribution in [-0.4, -0.2) is 65.3 Å². The van der Waals surface area contributed by atoms with E-state index in [0.29, 0.717) is 30.6 Å². The Morgan fingerprint density at radius 3 is 2.05 bits per heavy atom. The lowest BCUT2D eigenvalue weighted by Crippen LogP contribution is -2.49. The fraction of sp³-hybridized carbons (Fsp3) is 0.375. The molecule has 0 saturated carbocycles. The summed E-state index contributed by atoms with van der Waals surface area (Å²) in [5.41, 5.74) is 2.61. The van der Waals surface area contributed by atoms with Crippen LogP contribution in [0.25, 0.3) is 0 Å². The summed E-state index contributed by atoms with van der Waals surface area (Å²) in [5, 5.41) is 27.6.